The normalized spacial score (nSPS) is 15.0. The molecule has 24 heavy (non-hydrogen) atoms. The third kappa shape index (κ3) is 4.42. The Morgan fingerprint density at radius 3 is 2.58 bits per heavy atom. The van der Waals surface area contributed by atoms with Crippen LogP contribution < -0.4 is 15.0 Å². The van der Waals surface area contributed by atoms with Crippen LogP contribution in [0, 0.1) is 10.1 Å². The molecule has 1 aliphatic rings. The number of carbonyl (C=O) groups excluding carboxylic acids is 2. The summed E-state index contributed by atoms with van der Waals surface area (Å²) in [5, 5.41) is 13.7. The van der Waals surface area contributed by atoms with Crippen molar-refractivity contribution in [3.8, 4) is 5.75 Å². The molecule has 0 aromatic heterocycles. The largest absolute Gasteiger partial charge is 0.496 e. The van der Waals surface area contributed by atoms with Crippen molar-refractivity contribution in [3.05, 3.63) is 28.3 Å². The predicted molar refractivity (Wildman–Crippen MR) is 86.1 cm³/mol. The maximum absolute atomic E-state index is 12.2. The molecule has 0 atom stereocenters. The first-order valence-corrected chi connectivity index (χ1v) is 7.62. The number of ether oxygens (including phenoxy) is 1. The summed E-state index contributed by atoms with van der Waals surface area (Å²) in [6.07, 6.45) is 0. The zero-order valence-corrected chi connectivity index (χ0v) is 13.7. The SMILES string of the molecule is COc1ccc(NC(=O)C[NH+]2CCN(C(C)=O)CC2)c([N+](=O)[O-])c1. The summed E-state index contributed by atoms with van der Waals surface area (Å²) in [5.74, 6) is 0.0904. The Kier molecular flexibility index (Phi) is 5.69. The third-order valence-electron chi connectivity index (χ3n) is 4.00. The Morgan fingerprint density at radius 2 is 2.04 bits per heavy atom. The second-order valence-electron chi connectivity index (χ2n) is 5.62. The minimum absolute atomic E-state index is 0.0346. The van der Waals surface area contributed by atoms with Crippen LogP contribution in [0.25, 0.3) is 0 Å². The molecular weight excluding hydrogens is 316 g/mol. The Hall–Kier alpha value is -2.68. The molecule has 0 aliphatic carbocycles. The third-order valence-corrected chi connectivity index (χ3v) is 4.00. The Bertz CT molecular complexity index is 641. The van der Waals surface area contributed by atoms with Crippen LogP contribution in [-0.2, 0) is 9.59 Å². The number of anilines is 1. The van der Waals surface area contributed by atoms with E-state index in [2.05, 4.69) is 5.32 Å². The highest BCUT2D eigenvalue weighted by atomic mass is 16.6. The van der Waals surface area contributed by atoms with Crippen LogP contribution in [0.5, 0.6) is 5.75 Å². The summed E-state index contributed by atoms with van der Waals surface area (Å²) >= 11 is 0. The fourth-order valence-corrected chi connectivity index (χ4v) is 2.63. The van der Waals surface area contributed by atoms with Gasteiger partial charge in [-0.15, -0.1) is 0 Å². The summed E-state index contributed by atoms with van der Waals surface area (Å²) in [7, 11) is 1.42. The average molecular weight is 337 g/mol. The van der Waals surface area contributed by atoms with Gasteiger partial charge < -0.3 is 19.9 Å². The lowest BCUT2D eigenvalue weighted by molar-refractivity contribution is -0.895. The van der Waals surface area contributed by atoms with Crippen molar-refractivity contribution < 1.29 is 24.1 Å². The number of nitro benzene ring substituents is 1. The van der Waals surface area contributed by atoms with Gasteiger partial charge in [0, 0.05) is 6.92 Å². The van der Waals surface area contributed by atoms with Crippen LogP contribution in [0.15, 0.2) is 18.2 Å². The van der Waals surface area contributed by atoms with E-state index < -0.39 is 4.92 Å². The molecule has 9 heteroatoms. The first-order valence-electron chi connectivity index (χ1n) is 7.62. The first-order chi connectivity index (χ1) is 11.4. The predicted octanol–water partition coefficient (Wildman–Crippen LogP) is -0.711. The van der Waals surface area contributed by atoms with Gasteiger partial charge in [-0.1, -0.05) is 0 Å². The maximum atomic E-state index is 12.2. The minimum Gasteiger partial charge on any atom is -0.496 e. The Morgan fingerprint density at radius 1 is 1.38 bits per heavy atom. The van der Waals surface area contributed by atoms with Crippen molar-refractivity contribution >= 4 is 23.2 Å². The standard InChI is InChI=1S/C15H20N4O5/c1-11(20)18-7-5-17(6-8-18)10-15(21)16-13-4-3-12(24-2)9-14(13)19(22)23/h3-4,9H,5-8,10H2,1-2H3,(H,16,21)/p+1. The van der Waals surface area contributed by atoms with Gasteiger partial charge in [0.1, 0.15) is 11.4 Å². The van der Waals surface area contributed by atoms with E-state index in [4.69, 9.17) is 4.74 Å². The van der Waals surface area contributed by atoms with Gasteiger partial charge >= 0.3 is 0 Å². The summed E-state index contributed by atoms with van der Waals surface area (Å²) < 4.78 is 4.96. The summed E-state index contributed by atoms with van der Waals surface area (Å²) in [5.41, 5.74) is -0.0633. The monoisotopic (exact) mass is 337 g/mol. The van der Waals surface area contributed by atoms with Crippen molar-refractivity contribution in [3.63, 3.8) is 0 Å². The van der Waals surface area contributed by atoms with Gasteiger partial charge in [-0.05, 0) is 12.1 Å². The molecule has 1 saturated heterocycles. The van der Waals surface area contributed by atoms with E-state index in [1.54, 1.807) is 11.0 Å². The van der Waals surface area contributed by atoms with Gasteiger partial charge in [0.25, 0.3) is 11.6 Å². The molecule has 1 heterocycles. The average Bonchev–Trinajstić information content (AvgIpc) is 2.55. The number of methoxy groups -OCH3 is 1. The number of hydrogen-bond acceptors (Lipinski definition) is 5. The van der Waals surface area contributed by atoms with Crippen molar-refractivity contribution in [2.45, 2.75) is 6.92 Å². The number of rotatable bonds is 5. The fourth-order valence-electron chi connectivity index (χ4n) is 2.63. The summed E-state index contributed by atoms with van der Waals surface area (Å²) in [4.78, 5) is 36.8. The van der Waals surface area contributed by atoms with Crippen molar-refractivity contribution in [1.82, 2.24) is 4.90 Å². The van der Waals surface area contributed by atoms with Crippen LogP contribution in [0.4, 0.5) is 11.4 Å². The molecule has 0 spiro atoms. The minimum atomic E-state index is -0.559. The van der Waals surface area contributed by atoms with Crippen LogP contribution in [0.1, 0.15) is 6.92 Å². The number of nitrogens with zero attached hydrogens (tertiary/aromatic N) is 2. The lowest BCUT2D eigenvalue weighted by atomic mass is 10.2. The van der Waals surface area contributed by atoms with E-state index in [-0.39, 0.29) is 29.7 Å². The van der Waals surface area contributed by atoms with Gasteiger partial charge in [-0.2, -0.15) is 0 Å². The zero-order chi connectivity index (χ0) is 17.7. The number of piperazine rings is 1. The first kappa shape index (κ1) is 17.7. The highest BCUT2D eigenvalue weighted by Crippen LogP contribution is 2.28. The lowest BCUT2D eigenvalue weighted by Crippen LogP contribution is -3.15. The number of nitrogens with one attached hydrogen (secondary N) is 2. The quantitative estimate of drug-likeness (QED) is 0.545. The molecule has 1 aromatic carbocycles. The molecule has 1 aromatic rings. The van der Waals surface area contributed by atoms with Gasteiger partial charge in [0.2, 0.25) is 5.91 Å². The van der Waals surface area contributed by atoms with Crippen LogP contribution in [-0.4, -0.2) is 61.5 Å². The molecule has 130 valence electrons. The van der Waals surface area contributed by atoms with Gasteiger partial charge in [-0.25, -0.2) is 0 Å². The number of benzene rings is 1. The fraction of sp³-hybridized carbons (Fsp3) is 0.467. The Labute approximate surface area is 139 Å². The second-order valence-corrected chi connectivity index (χ2v) is 5.62. The van der Waals surface area contributed by atoms with E-state index >= 15 is 0 Å². The maximum Gasteiger partial charge on any atom is 0.296 e. The highest BCUT2D eigenvalue weighted by molar-refractivity contribution is 5.93. The molecule has 0 unspecified atom stereocenters. The van der Waals surface area contributed by atoms with Crippen molar-refractivity contribution in [2.24, 2.45) is 0 Å². The van der Waals surface area contributed by atoms with Gasteiger partial charge in [-0.3, -0.25) is 19.7 Å². The summed E-state index contributed by atoms with van der Waals surface area (Å²) in [6.45, 7) is 4.31. The molecule has 0 radical (unpaired) electrons. The smallest absolute Gasteiger partial charge is 0.296 e. The molecule has 2 N–H and O–H groups in total. The van der Waals surface area contributed by atoms with E-state index in [9.17, 15) is 19.7 Å². The topological polar surface area (TPSA) is 106 Å². The number of amides is 2. The number of quaternary nitrogens is 1. The highest BCUT2D eigenvalue weighted by Gasteiger charge is 2.24. The molecule has 2 amide bonds. The van der Waals surface area contributed by atoms with Gasteiger partial charge in [0.05, 0.1) is 44.3 Å². The van der Waals surface area contributed by atoms with E-state index in [1.165, 1.54) is 26.2 Å². The van der Waals surface area contributed by atoms with Gasteiger partial charge in [0.15, 0.2) is 6.54 Å². The molecule has 1 aliphatic heterocycles. The van der Waals surface area contributed by atoms with Crippen LogP contribution >= 0.6 is 0 Å². The van der Waals surface area contributed by atoms with Crippen molar-refractivity contribution in [2.75, 3.05) is 45.2 Å². The van der Waals surface area contributed by atoms with E-state index in [0.717, 1.165) is 4.90 Å². The van der Waals surface area contributed by atoms with Crippen LogP contribution in [0.3, 0.4) is 0 Å². The lowest BCUT2D eigenvalue weighted by Gasteiger charge is -2.31. The Balaban J connectivity index is 1.95. The number of carbonyl (C=O) groups is 2. The number of nitro groups is 1. The van der Waals surface area contributed by atoms with E-state index in [1.807, 2.05) is 0 Å². The van der Waals surface area contributed by atoms with Crippen LogP contribution in [0.2, 0.25) is 0 Å². The molecule has 9 nitrogen and oxygen atoms in total. The molecule has 0 saturated carbocycles. The zero-order valence-electron chi connectivity index (χ0n) is 13.7. The number of hydrogen-bond donors (Lipinski definition) is 2. The summed E-state index contributed by atoms with van der Waals surface area (Å²) in [6, 6.07) is 4.28. The second kappa shape index (κ2) is 7.73. The molecule has 1 fully saturated rings. The molecule has 2 rings (SSSR count). The van der Waals surface area contributed by atoms with Crippen molar-refractivity contribution in [1.29, 1.82) is 0 Å². The molecular formula is C15H21N4O5+. The van der Waals surface area contributed by atoms with E-state index in [0.29, 0.717) is 31.9 Å². The molecule has 0 bridgehead atoms.